The Kier molecular flexibility index (Phi) is 5.54. The molecule has 6 heteroatoms. The van der Waals surface area contributed by atoms with E-state index in [2.05, 4.69) is 21.2 Å². The van der Waals surface area contributed by atoms with E-state index >= 15 is 0 Å². The van der Waals surface area contributed by atoms with Crippen molar-refractivity contribution in [3.8, 4) is 5.75 Å². The molecule has 2 aromatic carbocycles. The van der Waals surface area contributed by atoms with Crippen LogP contribution in [0.15, 0.2) is 58.7 Å². The lowest BCUT2D eigenvalue weighted by atomic mass is 10.1. The SMILES string of the molecule is COc1ccccc1C(=O)NC(=Cc1ccc(Br)cc1)C(=O)O. The van der Waals surface area contributed by atoms with Gasteiger partial charge in [0.2, 0.25) is 0 Å². The van der Waals surface area contributed by atoms with Crippen molar-refractivity contribution in [2.75, 3.05) is 7.11 Å². The molecule has 118 valence electrons. The summed E-state index contributed by atoms with van der Waals surface area (Å²) in [4.78, 5) is 23.6. The van der Waals surface area contributed by atoms with Crippen LogP contribution >= 0.6 is 15.9 Å². The third-order valence-corrected chi connectivity index (χ3v) is 3.54. The number of carbonyl (C=O) groups is 2. The molecule has 0 aliphatic carbocycles. The number of para-hydroxylation sites is 1. The van der Waals surface area contributed by atoms with E-state index in [1.807, 2.05) is 0 Å². The van der Waals surface area contributed by atoms with Gasteiger partial charge >= 0.3 is 5.97 Å². The summed E-state index contributed by atoms with van der Waals surface area (Å²) in [6, 6.07) is 13.6. The number of carboxylic acid groups (broad SMARTS) is 1. The zero-order valence-corrected chi connectivity index (χ0v) is 13.8. The quantitative estimate of drug-likeness (QED) is 0.786. The van der Waals surface area contributed by atoms with Crippen molar-refractivity contribution in [2.45, 2.75) is 0 Å². The second-order valence-corrected chi connectivity index (χ2v) is 5.48. The second kappa shape index (κ2) is 7.60. The topological polar surface area (TPSA) is 75.6 Å². The molecule has 0 radical (unpaired) electrons. The molecule has 1 amide bonds. The van der Waals surface area contributed by atoms with Gasteiger partial charge in [0.25, 0.3) is 5.91 Å². The van der Waals surface area contributed by atoms with E-state index in [0.717, 1.165) is 4.47 Å². The van der Waals surface area contributed by atoms with Crippen LogP contribution in [-0.4, -0.2) is 24.1 Å². The summed E-state index contributed by atoms with van der Waals surface area (Å²) in [5.74, 6) is -1.40. The predicted octanol–water partition coefficient (Wildman–Crippen LogP) is 3.31. The van der Waals surface area contributed by atoms with E-state index in [1.54, 1.807) is 48.5 Å². The van der Waals surface area contributed by atoms with E-state index in [1.165, 1.54) is 13.2 Å². The lowest BCUT2D eigenvalue weighted by Gasteiger charge is -2.09. The Hall–Kier alpha value is -2.60. The highest BCUT2D eigenvalue weighted by Crippen LogP contribution is 2.18. The average molecular weight is 376 g/mol. The number of carboxylic acids is 1. The van der Waals surface area contributed by atoms with Gasteiger partial charge in [0.1, 0.15) is 11.4 Å². The van der Waals surface area contributed by atoms with Gasteiger partial charge in [-0.1, -0.05) is 40.2 Å². The van der Waals surface area contributed by atoms with Gasteiger partial charge in [-0.2, -0.15) is 0 Å². The van der Waals surface area contributed by atoms with E-state index in [-0.39, 0.29) is 11.3 Å². The Morgan fingerprint density at radius 1 is 1.13 bits per heavy atom. The first kappa shape index (κ1) is 16.8. The van der Waals surface area contributed by atoms with Crippen LogP contribution in [0.5, 0.6) is 5.75 Å². The molecule has 0 saturated carbocycles. The maximum absolute atomic E-state index is 12.3. The predicted molar refractivity (Wildman–Crippen MR) is 90.2 cm³/mol. The molecule has 2 rings (SSSR count). The number of hydrogen-bond donors (Lipinski definition) is 2. The minimum Gasteiger partial charge on any atom is -0.496 e. The lowest BCUT2D eigenvalue weighted by Crippen LogP contribution is -2.27. The van der Waals surface area contributed by atoms with E-state index in [4.69, 9.17) is 4.74 Å². The van der Waals surface area contributed by atoms with Crippen LogP contribution in [0, 0.1) is 0 Å². The van der Waals surface area contributed by atoms with Crippen molar-refractivity contribution in [1.82, 2.24) is 5.32 Å². The summed E-state index contributed by atoms with van der Waals surface area (Å²) in [6.45, 7) is 0. The van der Waals surface area contributed by atoms with Crippen molar-refractivity contribution in [3.63, 3.8) is 0 Å². The number of rotatable bonds is 5. The zero-order chi connectivity index (χ0) is 16.8. The third-order valence-electron chi connectivity index (χ3n) is 3.01. The molecule has 5 nitrogen and oxygen atoms in total. The fraction of sp³-hybridized carbons (Fsp3) is 0.0588. The molecular weight excluding hydrogens is 362 g/mol. The number of hydrogen-bond acceptors (Lipinski definition) is 3. The Morgan fingerprint density at radius 2 is 1.78 bits per heavy atom. The smallest absolute Gasteiger partial charge is 0.352 e. The van der Waals surface area contributed by atoms with Crippen LogP contribution < -0.4 is 10.1 Å². The minimum atomic E-state index is -1.23. The first-order valence-electron chi connectivity index (χ1n) is 6.66. The molecule has 0 heterocycles. The molecule has 0 fully saturated rings. The van der Waals surface area contributed by atoms with Crippen molar-refractivity contribution < 1.29 is 19.4 Å². The number of halogens is 1. The fourth-order valence-corrected chi connectivity index (χ4v) is 2.16. The highest BCUT2D eigenvalue weighted by Gasteiger charge is 2.16. The van der Waals surface area contributed by atoms with Crippen LogP contribution in [-0.2, 0) is 4.79 Å². The standard InChI is InChI=1S/C17H14BrNO4/c1-23-15-5-3-2-4-13(15)16(20)19-14(17(21)22)10-11-6-8-12(18)9-7-11/h2-10H,1H3,(H,19,20)(H,21,22). The number of aliphatic carboxylic acids is 1. The van der Waals surface area contributed by atoms with Gasteiger partial charge in [0.05, 0.1) is 12.7 Å². The summed E-state index contributed by atoms with van der Waals surface area (Å²) in [6.07, 6.45) is 1.39. The summed E-state index contributed by atoms with van der Waals surface area (Å²) >= 11 is 3.31. The highest BCUT2D eigenvalue weighted by molar-refractivity contribution is 9.10. The first-order valence-corrected chi connectivity index (χ1v) is 7.45. The van der Waals surface area contributed by atoms with Gasteiger partial charge in [-0.3, -0.25) is 4.79 Å². The van der Waals surface area contributed by atoms with E-state index < -0.39 is 11.9 Å². The second-order valence-electron chi connectivity index (χ2n) is 4.57. The van der Waals surface area contributed by atoms with Gasteiger partial charge in [-0.15, -0.1) is 0 Å². The number of benzene rings is 2. The molecule has 0 saturated heterocycles. The highest BCUT2D eigenvalue weighted by atomic mass is 79.9. The van der Waals surface area contributed by atoms with E-state index in [0.29, 0.717) is 11.3 Å². The van der Waals surface area contributed by atoms with Crippen molar-refractivity contribution in [1.29, 1.82) is 0 Å². The number of nitrogens with one attached hydrogen (secondary N) is 1. The molecule has 0 aliphatic rings. The molecule has 23 heavy (non-hydrogen) atoms. The maximum atomic E-state index is 12.3. The van der Waals surface area contributed by atoms with Crippen molar-refractivity contribution >= 4 is 33.9 Å². The monoisotopic (exact) mass is 375 g/mol. The molecule has 0 aromatic heterocycles. The summed E-state index contributed by atoms with van der Waals surface area (Å²) < 4.78 is 5.99. The molecular formula is C17H14BrNO4. The molecule has 0 atom stereocenters. The molecule has 2 aromatic rings. The van der Waals surface area contributed by atoms with Crippen LogP contribution in [0.3, 0.4) is 0 Å². The summed E-state index contributed by atoms with van der Waals surface area (Å²) in [5.41, 5.74) is 0.701. The molecule has 0 aliphatic heterocycles. The Balaban J connectivity index is 2.27. The van der Waals surface area contributed by atoms with Gasteiger partial charge in [-0.05, 0) is 35.9 Å². The molecule has 0 bridgehead atoms. The third kappa shape index (κ3) is 4.43. The Morgan fingerprint density at radius 3 is 2.39 bits per heavy atom. The van der Waals surface area contributed by atoms with Gasteiger partial charge in [0.15, 0.2) is 0 Å². The molecule has 0 spiro atoms. The zero-order valence-electron chi connectivity index (χ0n) is 12.2. The van der Waals surface area contributed by atoms with Crippen molar-refractivity contribution in [3.05, 3.63) is 69.8 Å². The van der Waals surface area contributed by atoms with Gasteiger partial charge in [-0.25, -0.2) is 4.79 Å². The van der Waals surface area contributed by atoms with Crippen molar-refractivity contribution in [2.24, 2.45) is 0 Å². The normalized spacial score (nSPS) is 11.0. The largest absolute Gasteiger partial charge is 0.496 e. The summed E-state index contributed by atoms with van der Waals surface area (Å²) in [7, 11) is 1.45. The van der Waals surface area contributed by atoms with Crippen LogP contribution in [0.1, 0.15) is 15.9 Å². The minimum absolute atomic E-state index is 0.219. The van der Waals surface area contributed by atoms with Gasteiger partial charge in [0, 0.05) is 4.47 Å². The van der Waals surface area contributed by atoms with Crippen LogP contribution in [0.2, 0.25) is 0 Å². The Bertz CT molecular complexity index is 753. The number of carbonyl (C=O) groups excluding carboxylic acids is 1. The number of ether oxygens (including phenoxy) is 1. The fourth-order valence-electron chi connectivity index (χ4n) is 1.90. The summed E-state index contributed by atoms with van der Waals surface area (Å²) in [5, 5.41) is 11.7. The first-order chi connectivity index (χ1) is 11.0. The molecule has 2 N–H and O–H groups in total. The lowest BCUT2D eigenvalue weighted by molar-refractivity contribution is -0.132. The Labute approximate surface area is 141 Å². The van der Waals surface area contributed by atoms with E-state index in [9.17, 15) is 14.7 Å². The van der Waals surface area contributed by atoms with Crippen LogP contribution in [0.25, 0.3) is 6.08 Å². The van der Waals surface area contributed by atoms with Crippen LogP contribution in [0.4, 0.5) is 0 Å². The number of methoxy groups -OCH3 is 1. The maximum Gasteiger partial charge on any atom is 0.352 e. The number of amides is 1. The molecule has 0 unspecified atom stereocenters. The van der Waals surface area contributed by atoms with Gasteiger partial charge < -0.3 is 15.2 Å². The average Bonchev–Trinajstić information content (AvgIpc) is 2.55.